The van der Waals surface area contributed by atoms with E-state index in [2.05, 4.69) is 29.4 Å². The Bertz CT molecular complexity index is 506. The van der Waals surface area contributed by atoms with Gasteiger partial charge in [-0.15, -0.1) is 24.0 Å². The molecule has 2 aliphatic carbocycles. The first kappa shape index (κ1) is 21.6. The average molecular weight is 492 g/mol. The number of rotatable bonds is 5. The van der Waals surface area contributed by atoms with Crippen LogP contribution in [0.4, 0.5) is 0 Å². The number of aliphatic imine (C=N–C) groups is 1. The van der Waals surface area contributed by atoms with Crippen molar-refractivity contribution in [2.45, 2.75) is 64.1 Å². The lowest BCUT2D eigenvalue weighted by Gasteiger charge is -2.57. The van der Waals surface area contributed by atoms with E-state index in [1.807, 2.05) is 0 Å². The van der Waals surface area contributed by atoms with E-state index in [-0.39, 0.29) is 24.0 Å². The maximum Gasteiger partial charge on any atom is 0.191 e. The van der Waals surface area contributed by atoms with Gasteiger partial charge in [-0.2, -0.15) is 0 Å². The van der Waals surface area contributed by atoms with Gasteiger partial charge in [0, 0.05) is 49.7 Å². The van der Waals surface area contributed by atoms with Crippen molar-refractivity contribution in [3.8, 4) is 0 Å². The number of nitrogens with one attached hydrogen (secondary N) is 2. The van der Waals surface area contributed by atoms with Gasteiger partial charge in [0.25, 0.3) is 0 Å². The van der Waals surface area contributed by atoms with E-state index in [4.69, 9.17) is 14.5 Å². The molecule has 1 spiro atoms. The maximum absolute atomic E-state index is 6.12. The van der Waals surface area contributed by atoms with Gasteiger partial charge in [0.15, 0.2) is 5.96 Å². The zero-order valence-electron chi connectivity index (χ0n) is 16.9. The monoisotopic (exact) mass is 492 g/mol. The molecule has 4 aliphatic rings. The van der Waals surface area contributed by atoms with Gasteiger partial charge in [-0.3, -0.25) is 9.89 Å². The van der Waals surface area contributed by atoms with Crippen LogP contribution in [0.5, 0.6) is 0 Å². The lowest BCUT2D eigenvalue weighted by molar-refractivity contribution is -0.125. The molecule has 0 aromatic carbocycles. The second-order valence-electron chi connectivity index (χ2n) is 8.52. The van der Waals surface area contributed by atoms with Crippen molar-refractivity contribution < 1.29 is 9.47 Å². The number of fused-ring (bicyclic) bond motifs is 2. The zero-order chi connectivity index (χ0) is 18.0. The van der Waals surface area contributed by atoms with Gasteiger partial charge in [-0.05, 0) is 33.1 Å². The molecule has 4 atom stereocenters. The third-order valence-corrected chi connectivity index (χ3v) is 7.11. The van der Waals surface area contributed by atoms with Crippen LogP contribution in [-0.2, 0) is 9.47 Å². The van der Waals surface area contributed by atoms with E-state index in [0.717, 1.165) is 52.0 Å². The number of morpholine rings is 1. The van der Waals surface area contributed by atoms with Crippen LogP contribution in [0, 0.1) is 11.3 Å². The van der Waals surface area contributed by atoms with Crippen LogP contribution in [0.3, 0.4) is 0 Å². The molecule has 4 rings (SSSR count). The largest absolute Gasteiger partial charge is 0.379 e. The summed E-state index contributed by atoms with van der Waals surface area (Å²) >= 11 is 0. The van der Waals surface area contributed by atoms with Gasteiger partial charge >= 0.3 is 0 Å². The van der Waals surface area contributed by atoms with Crippen LogP contribution in [0.2, 0.25) is 0 Å². The van der Waals surface area contributed by atoms with Gasteiger partial charge in [-0.25, -0.2) is 0 Å². The molecule has 0 aromatic heterocycles. The highest BCUT2D eigenvalue weighted by atomic mass is 127. The number of hydrogen-bond acceptors (Lipinski definition) is 4. The Balaban J connectivity index is 0.00000210. The molecule has 2 N–H and O–H groups in total. The van der Waals surface area contributed by atoms with Crippen molar-refractivity contribution in [2.75, 3.05) is 46.0 Å². The van der Waals surface area contributed by atoms with E-state index in [1.54, 1.807) is 0 Å². The molecule has 0 amide bonds. The average Bonchev–Trinajstić information content (AvgIpc) is 3.33. The minimum Gasteiger partial charge on any atom is -0.379 e. The molecule has 2 heterocycles. The van der Waals surface area contributed by atoms with Crippen molar-refractivity contribution in [3.63, 3.8) is 0 Å². The molecule has 156 valence electrons. The van der Waals surface area contributed by atoms with E-state index in [9.17, 15) is 0 Å². The SMILES string of the molecule is CCNC(=NCC(C)N1CCOCC1)NC1C2CCOC2C12CCCC2.I. The summed E-state index contributed by atoms with van der Waals surface area (Å²) in [7, 11) is 0. The fraction of sp³-hybridized carbons (Fsp3) is 0.950. The first-order valence-electron chi connectivity index (χ1n) is 10.7. The number of hydrogen-bond donors (Lipinski definition) is 2. The maximum atomic E-state index is 6.12. The Labute approximate surface area is 181 Å². The quantitative estimate of drug-likeness (QED) is 0.350. The van der Waals surface area contributed by atoms with E-state index < -0.39 is 0 Å². The van der Waals surface area contributed by atoms with Crippen molar-refractivity contribution >= 4 is 29.9 Å². The predicted molar refractivity (Wildman–Crippen MR) is 119 cm³/mol. The highest BCUT2D eigenvalue weighted by molar-refractivity contribution is 14.0. The highest BCUT2D eigenvalue weighted by Gasteiger charge is 2.65. The van der Waals surface area contributed by atoms with Crippen molar-refractivity contribution in [1.29, 1.82) is 0 Å². The molecule has 7 heteroatoms. The predicted octanol–water partition coefficient (Wildman–Crippen LogP) is 2.23. The van der Waals surface area contributed by atoms with Gasteiger partial charge < -0.3 is 20.1 Å². The first-order valence-corrected chi connectivity index (χ1v) is 10.7. The molecule has 2 saturated heterocycles. The lowest BCUT2D eigenvalue weighted by atomic mass is 9.54. The van der Waals surface area contributed by atoms with Crippen LogP contribution >= 0.6 is 24.0 Å². The van der Waals surface area contributed by atoms with Gasteiger partial charge in [0.05, 0.1) is 25.9 Å². The molecule has 0 aromatic rings. The Morgan fingerprint density at radius 2 is 1.96 bits per heavy atom. The number of guanidine groups is 1. The summed E-state index contributed by atoms with van der Waals surface area (Å²) in [5.41, 5.74) is 0.368. The van der Waals surface area contributed by atoms with Gasteiger partial charge in [-0.1, -0.05) is 12.8 Å². The standard InChI is InChI=1S/C20H36N4O2.HI/c1-3-21-19(22-14-15(2)24-9-12-25-13-10-24)23-17-16-6-11-26-18(16)20(17)7-4-5-8-20;/h15-18H,3-14H2,1-2H3,(H2,21,22,23);1H. The van der Waals surface area contributed by atoms with Gasteiger partial charge in [0.1, 0.15) is 0 Å². The molecule has 0 radical (unpaired) electrons. The summed E-state index contributed by atoms with van der Waals surface area (Å²) < 4.78 is 11.6. The van der Waals surface area contributed by atoms with Gasteiger partial charge in [0.2, 0.25) is 0 Å². The highest BCUT2D eigenvalue weighted by Crippen LogP contribution is 2.60. The van der Waals surface area contributed by atoms with Crippen molar-refractivity contribution in [3.05, 3.63) is 0 Å². The van der Waals surface area contributed by atoms with Crippen LogP contribution in [0.15, 0.2) is 4.99 Å². The third kappa shape index (κ3) is 4.26. The summed E-state index contributed by atoms with van der Waals surface area (Å²) in [4.78, 5) is 7.44. The Morgan fingerprint density at radius 3 is 2.67 bits per heavy atom. The van der Waals surface area contributed by atoms with E-state index in [1.165, 1.54) is 32.1 Å². The minimum absolute atomic E-state index is 0. The minimum atomic E-state index is 0. The Morgan fingerprint density at radius 1 is 1.22 bits per heavy atom. The third-order valence-electron chi connectivity index (χ3n) is 7.11. The molecular formula is C20H37IN4O2. The Kier molecular flexibility index (Phi) is 7.66. The van der Waals surface area contributed by atoms with Crippen LogP contribution in [0.25, 0.3) is 0 Å². The molecule has 0 bridgehead atoms. The normalized spacial score (nSPS) is 33.9. The summed E-state index contributed by atoms with van der Waals surface area (Å²) in [6, 6.07) is 0.993. The number of halogens is 1. The molecule has 27 heavy (non-hydrogen) atoms. The van der Waals surface area contributed by atoms with E-state index in [0.29, 0.717) is 29.5 Å². The summed E-state index contributed by atoms with van der Waals surface area (Å²) in [5.74, 6) is 1.67. The van der Waals surface area contributed by atoms with Crippen LogP contribution in [-0.4, -0.2) is 75.0 Å². The van der Waals surface area contributed by atoms with Crippen LogP contribution < -0.4 is 10.6 Å². The molecule has 4 unspecified atom stereocenters. The lowest BCUT2D eigenvalue weighted by Crippen LogP contribution is -2.69. The fourth-order valence-corrected chi connectivity index (χ4v) is 5.73. The summed E-state index contributed by atoms with van der Waals surface area (Å²) in [6.45, 7) is 10.8. The fourth-order valence-electron chi connectivity index (χ4n) is 5.73. The molecule has 2 saturated carbocycles. The molecular weight excluding hydrogens is 455 g/mol. The molecule has 6 nitrogen and oxygen atoms in total. The molecule has 2 aliphatic heterocycles. The second kappa shape index (κ2) is 9.59. The summed E-state index contributed by atoms with van der Waals surface area (Å²) in [6.07, 6.45) is 7.04. The number of ether oxygens (including phenoxy) is 2. The molecule has 4 fully saturated rings. The zero-order valence-corrected chi connectivity index (χ0v) is 19.2. The number of nitrogens with zero attached hydrogens (tertiary/aromatic N) is 2. The van der Waals surface area contributed by atoms with E-state index >= 15 is 0 Å². The van der Waals surface area contributed by atoms with Crippen molar-refractivity contribution in [1.82, 2.24) is 15.5 Å². The first-order chi connectivity index (χ1) is 12.7. The Hall–Kier alpha value is -0.120. The topological polar surface area (TPSA) is 58.1 Å². The smallest absolute Gasteiger partial charge is 0.191 e. The summed E-state index contributed by atoms with van der Waals surface area (Å²) in [5, 5.41) is 7.31. The van der Waals surface area contributed by atoms with Crippen LogP contribution in [0.1, 0.15) is 46.0 Å². The second-order valence-corrected chi connectivity index (χ2v) is 8.52. The van der Waals surface area contributed by atoms with Crippen molar-refractivity contribution in [2.24, 2.45) is 16.3 Å².